The normalized spacial score (nSPS) is 22.8. The maximum Gasteiger partial charge on any atom is 0.225 e. The highest BCUT2D eigenvalue weighted by molar-refractivity contribution is 5.81. The Kier molecular flexibility index (Phi) is 4.06. The largest absolute Gasteiger partial charge is 0.390 e. The van der Waals surface area contributed by atoms with Crippen LogP contribution in [0.25, 0.3) is 10.9 Å². The Hall–Kier alpha value is -1.85. The number of nitrogens with zero attached hydrogens (tertiary/aromatic N) is 3. The first-order valence-corrected chi connectivity index (χ1v) is 8.83. The molecule has 5 heteroatoms. The number of aryl methyl sites for hydroxylation is 1. The first kappa shape index (κ1) is 15.7. The van der Waals surface area contributed by atoms with Crippen LogP contribution < -0.4 is 0 Å². The number of carbonyl (C=O) groups is 1. The fourth-order valence-electron chi connectivity index (χ4n) is 3.67. The van der Waals surface area contributed by atoms with Crippen molar-refractivity contribution in [2.24, 2.45) is 13.0 Å². The van der Waals surface area contributed by atoms with E-state index in [9.17, 15) is 9.90 Å². The van der Waals surface area contributed by atoms with Crippen LogP contribution in [0.15, 0.2) is 30.5 Å². The summed E-state index contributed by atoms with van der Waals surface area (Å²) in [5, 5.41) is 11.5. The maximum absolute atomic E-state index is 12.3. The number of rotatable bonds is 3. The van der Waals surface area contributed by atoms with E-state index in [2.05, 4.69) is 47.0 Å². The van der Waals surface area contributed by atoms with Crippen molar-refractivity contribution in [1.82, 2.24) is 14.4 Å². The van der Waals surface area contributed by atoms with E-state index in [0.29, 0.717) is 13.1 Å². The molecule has 1 atom stereocenters. The first-order valence-electron chi connectivity index (χ1n) is 8.83. The van der Waals surface area contributed by atoms with Gasteiger partial charge in [0.2, 0.25) is 5.91 Å². The SMILES string of the molecule is Cn1ccc2cc(CN3CCN(C(=O)C4CC4)C[C@@H](O)C3)ccc21. The Morgan fingerprint density at radius 3 is 2.83 bits per heavy atom. The molecule has 1 aliphatic heterocycles. The number of carbonyl (C=O) groups excluding carboxylic acids is 1. The molecule has 5 nitrogen and oxygen atoms in total. The Balaban J connectivity index is 1.44. The van der Waals surface area contributed by atoms with E-state index in [1.807, 2.05) is 4.90 Å². The molecule has 128 valence electrons. The average Bonchev–Trinajstić information content (AvgIpc) is 3.36. The zero-order valence-corrected chi connectivity index (χ0v) is 14.2. The van der Waals surface area contributed by atoms with Crippen molar-refractivity contribution in [2.75, 3.05) is 26.2 Å². The van der Waals surface area contributed by atoms with Gasteiger partial charge < -0.3 is 14.6 Å². The van der Waals surface area contributed by atoms with Gasteiger partial charge in [-0.05, 0) is 42.0 Å². The van der Waals surface area contributed by atoms with Gasteiger partial charge in [0.05, 0.1) is 6.10 Å². The standard InChI is InChI=1S/C19H25N3O2/c1-20-7-6-16-10-14(2-5-18(16)20)11-21-8-9-22(13-17(23)12-21)19(24)15-3-4-15/h2,5-7,10,15,17,23H,3-4,8-9,11-13H2,1H3/t17-/m0/s1. The monoisotopic (exact) mass is 327 g/mol. The lowest BCUT2D eigenvalue weighted by Gasteiger charge is -2.21. The topological polar surface area (TPSA) is 48.7 Å². The molecule has 0 spiro atoms. The second kappa shape index (κ2) is 6.22. The summed E-state index contributed by atoms with van der Waals surface area (Å²) in [6.45, 7) is 3.46. The van der Waals surface area contributed by atoms with Gasteiger partial charge in [0.25, 0.3) is 0 Å². The smallest absolute Gasteiger partial charge is 0.225 e. The van der Waals surface area contributed by atoms with Crippen molar-refractivity contribution in [3.05, 3.63) is 36.0 Å². The van der Waals surface area contributed by atoms with Crippen molar-refractivity contribution < 1.29 is 9.90 Å². The van der Waals surface area contributed by atoms with Crippen LogP contribution in [0.1, 0.15) is 18.4 Å². The third-order valence-corrected chi connectivity index (χ3v) is 5.18. The summed E-state index contributed by atoms with van der Waals surface area (Å²) in [5.74, 6) is 0.464. The molecule has 4 rings (SSSR count). The summed E-state index contributed by atoms with van der Waals surface area (Å²) in [6, 6.07) is 8.67. The molecule has 2 aliphatic rings. The summed E-state index contributed by atoms with van der Waals surface area (Å²) >= 11 is 0. The Morgan fingerprint density at radius 2 is 2.04 bits per heavy atom. The van der Waals surface area contributed by atoms with Crippen LogP contribution in [0, 0.1) is 5.92 Å². The quantitative estimate of drug-likeness (QED) is 0.931. The molecule has 2 fully saturated rings. The fraction of sp³-hybridized carbons (Fsp3) is 0.526. The van der Waals surface area contributed by atoms with Gasteiger partial charge in [0.1, 0.15) is 0 Å². The Morgan fingerprint density at radius 1 is 1.21 bits per heavy atom. The molecule has 1 aromatic heterocycles. The van der Waals surface area contributed by atoms with Crippen LogP contribution in [-0.2, 0) is 18.4 Å². The molecule has 24 heavy (non-hydrogen) atoms. The van der Waals surface area contributed by atoms with E-state index in [1.54, 1.807) is 0 Å². The van der Waals surface area contributed by atoms with Gasteiger partial charge in [-0.1, -0.05) is 6.07 Å². The van der Waals surface area contributed by atoms with Gasteiger partial charge >= 0.3 is 0 Å². The number of β-amino-alcohol motifs (C(OH)–C–C–N with tert-alkyl or cyclic N) is 1. The van der Waals surface area contributed by atoms with Crippen molar-refractivity contribution in [3.8, 4) is 0 Å². The zero-order valence-electron chi connectivity index (χ0n) is 14.2. The van der Waals surface area contributed by atoms with E-state index in [0.717, 1.165) is 32.5 Å². The van der Waals surface area contributed by atoms with Gasteiger partial charge in [-0.25, -0.2) is 0 Å². The van der Waals surface area contributed by atoms with Gasteiger partial charge in [-0.3, -0.25) is 9.69 Å². The second-order valence-electron chi connectivity index (χ2n) is 7.27. The number of hydrogen-bond donors (Lipinski definition) is 1. The molecule has 0 unspecified atom stereocenters. The number of fused-ring (bicyclic) bond motifs is 1. The predicted octanol–water partition coefficient (Wildman–Crippen LogP) is 1.59. The summed E-state index contributed by atoms with van der Waals surface area (Å²) in [5.41, 5.74) is 2.48. The summed E-state index contributed by atoms with van der Waals surface area (Å²) < 4.78 is 2.12. The maximum atomic E-state index is 12.3. The molecule has 1 saturated heterocycles. The number of benzene rings is 1. The van der Waals surface area contributed by atoms with Gasteiger partial charge in [-0.15, -0.1) is 0 Å². The number of aliphatic hydroxyl groups excluding tert-OH is 1. The molecular formula is C19H25N3O2. The van der Waals surface area contributed by atoms with E-state index in [4.69, 9.17) is 0 Å². The Bertz CT molecular complexity index is 750. The molecule has 0 bridgehead atoms. The van der Waals surface area contributed by atoms with Gasteiger partial charge in [0, 0.05) is 57.4 Å². The third kappa shape index (κ3) is 3.19. The number of amides is 1. The molecule has 1 aromatic carbocycles. The molecule has 0 radical (unpaired) electrons. The minimum atomic E-state index is -0.462. The first-order chi connectivity index (χ1) is 11.6. The molecule has 1 amide bonds. The van der Waals surface area contributed by atoms with E-state index in [-0.39, 0.29) is 11.8 Å². The minimum Gasteiger partial charge on any atom is -0.390 e. The van der Waals surface area contributed by atoms with Crippen LogP contribution in [-0.4, -0.2) is 57.7 Å². The molecule has 1 N–H and O–H groups in total. The molecule has 1 aliphatic carbocycles. The number of hydrogen-bond acceptors (Lipinski definition) is 3. The number of aliphatic hydroxyl groups is 1. The van der Waals surface area contributed by atoms with Gasteiger partial charge in [0.15, 0.2) is 0 Å². The van der Waals surface area contributed by atoms with Crippen LogP contribution in [0.5, 0.6) is 0 Å². The van der Waals surface area contributed by atoms with Crippen LogP contribution in [0.3, 0.4) is 0 Å². The molecule has 2 aromatic rings. The second-order valence-corrected chi connectivity index (χ2v) is 7.27. The molecule has 2 heterocycles. The van der Waals surface area contributed by atoms with Crippen molar-refractivity contribution in [1.29, 1.82) is 0 Å². The lowest BCUT2D eigenvalue weighted by Crippen LogP contribution is -2.38. The van der Waals surface area contributed by atoms with Crippen LogP contribution in [0.4, 0.5) is 0 Å². The van der Waals surface area contributed by atoms with Crippen molar-refractivity contribution >= 4 is 16.8 Å². The summed E-state index contributed by atoms with van der Waals surface area (Å²) in [4.78, 5) is 16.4. The minimum absolute atomic E-state index is 0.226. The predicted molar refractivity (Wildman–Crippen MR) is 93.5 cm³/mol. The lowest BCUT2D eigenvalue weighted by atomic mass is 10.1. The highest BCUT2D eigenvalue weighted by atomic mass is 16.3. The highest BCUT2D eigenvalue weighted by Crippen LogP contribution is 2.31. The van der Waals surface area contributed by atoms with E-state index < -0.39 is 6.10 Å². The Labute approximate surface area is 142 Å². The van der Waals surface area contributed by atoms with Gasteiger partial charge in [-0.2, -0.15) is 0 Å². The van der Waals surface area contributed by atoms with Crippen LogP contribution in [0.2, 0.25) is 0 Å². The van der Waals surface area contributed by atoms with Crippen LogP contribution >= 0.6 is 0 Å². The number of aromatic nitrogens is 1. The summed E-state index contributed by atoms with van der Waals surface area (Å²) in [6.07, 6.45) is 3.65. The molecule has 1 saturated carbocycles. The zero-order chi connectivity index (χ0) is 16.7. The third-order valence-electron chi connectivity index (χ3n) is 5.18. The van der Waals surface area contributed by atoms with Crippen molar-refractivity contribution in [2.45, 2.75) is 25.5 Å². The highest BCUT2D eigenvalue weighted by Gasteiger charge is 2.35. The van der Waals surface area contributed by atoms with E-state index in [1.165, 1.54) is 16.5 Å². The van der Waals surface area contributed by atoms with Crippen molar-refractivity contribution in [3.63, 3.8) is 0 Å². The fourth-order valence-corrected chi connectivity index (χ4v) is 3.67. The summed E-state index contributed by atoms with van der Waals surface area (Å²) in [7, 11) is 2.05. The van der Waals surface area contributed by atoms with E-state index >= 15 is 0 Å². The average molecular weight is 327 g/mol. The molecular weight excluding hydrogens is 302 g/mol. The lowest BCUT2D eigenvalue weighted by molar-refractivity contribution is -0.133.